The van der Waals surface area contributed by atoms with Gasteiger partial charge in [-0.3, -0.25) is 4.89 Å². The molecular weight excluding hydrogens is 223 g/mol. The summed E-state index contributed by atoms with van der Waals surface area (Å²) in [6, 6.07) is 0. The summed E-state index contributed by atoms with van der Waals surface area (Å²) in [5, 5.41) is 0. The van der Waals surface area contributed by atoms with Crippen molar-refractivity contribution >= 4 is 13.8 Å². The second-order valence-corrected chi connectivity index (χ2v) is 4.42. The fourth-order valence-electron chi connectivity index (χ4n) is 0.611. The molecule has 0 rings (SSSR count). The largest absolute Gasteiger partial charge is 0.555 e. The van der Waals surface area contributed by atoms with Crippen molar-refractivity contribution in [1.82, 2.24) is 0 Å². The normalized spacial score (nSPS) is 15.2. The lowest BCUT2D eigenvalue weighted by atomic mass is 10.0. The van der Waals surface area contributed by atoms with Gasteiger partial charge in [-0.15, -0.1) is 4.67 Å². The van der Waals surface area contributed by atoms with Gasteiger partial charge < -0.3 is 4.52 Å². The summed E-state index contributed by atoms with van der Waals surface area (Å²) in [7, 11) is -4.37. The first kappa shape index (κ1) is 14.4. The molecule has 1 N–H and O–H groups in total. The molecule has 0 saturated heterocycles. The second kappa shape index (κ2) is 6.05. The van der Waals surface area contributed by atoms with E-state index in [-0.39, 0.29) is 0 Å². The average Bonchev–Trinajstić information content (AvgIpc) is 2.23. The van der Waals surface area contributed by atoms with Crippen molar-refractivity contribution in [2.75, 3.05) is 0 Å². The van der Waals surface area contributed by atoms with Crippen LogP contribution in [0, 0.1) is 0 Å². The first-order valence-electron chi connectivity index (χ1n) is 4.47. The Kier molecular flexibility index (Phi) is 5.80. The molecule has 88 valence electrons. The van der Waals surface area contributed by atoms with E-state index in [2.05, 4.69) is 9.20 Å². The Morgan fingerprint density at radius 3 is 2.40 bits per heavy atom. The van der Waals surface area contributed by atoms with Crippen LogP contribution < -0.4 is 0 Å². The molecule has 0 spiro atoms. The second-order valence-electron chi connectivity index (χ2n) is 3.12. The molecule has 0 aromatic heterocycles. The van der Waals surface area contributed by atoms with Gasteiger partial charge >= 0.3 is 7.82 Å². The van der Waals surface area contributed by atoms with Crippen molar-refractivity contribution in [3.05, 3.63) is 6.26 Å². The molecule has 0 aromatic rings. The van der Waals surface area contributed by atoms with Gasteiger partial charge in [0, 0.05) is 0 Å². The van der Waals surface area contributed by atoms with Crippen LogP contribution in [0.1, 0.15) is 33.6 Å². The first-order valence-corrected chi connectivity index (χ1v) is 5.96. The molecule has 1 unspecified atom stereocenters. The lowest BCUT2D eigenvalue weighted by Crippen LogP contribution is -2.26. The van der Waals surface area contributed by atoms with E-state index in [0.717, 1.165) is 0 Å². The Bertz CT molecular complexity index is 279. The number of phosphoric ester groups is 1. The van der Waals surface area contributed by atoms with Crippen molar-refractivity contribution in [1.29, 1.82) is 0 Å². The summed E-state index contributed by atoms with van der Waals surface area (Å²) < 4.78 is 19.4. The van der Waals surface area contributed by atoms with Crippen LogP contribution in [-0.4, -0.2) is 16.4 Å². The highest BCUT2D eigenvalue weighted by molar-refractivity contribution is 7.47. The van der Waals surface area contributed by atoms with Gasteiger partial charge in [0.2, 0.25) is 0 Å². The van der Waals surface area contributed by atoms with E-state index in [4.69, 9.17) is 9.78 Å². The number of carbonyl (C=O) groups excluding carboxylic acids is 1. The third-order valence-electron chi connectivity index (χ3n) is 2.06. The van der Waals surface area contributed by atoms with Crippen LogP contribution in [0.5, 0.6) is 0 Å². The lowest BCUT2D eigenvalue weighted by Gasteiger charge is -2.25. The van der Waals surface area contributed by atoms with Crippen molar-refractivity contribution in [3.63, 3.8) is 0 Å². The van der Waals surface area contributed by atoms with Crippen LogP contribution in [0.2, 0.25) is 0 Å². The van der Waals surface area contributed by atoms with Crippen LogP contribution in [0.25, 0.3) is 0 Å². The van der Waals surface area contributed by atoms with Crippen molar-refractivity contribution in [3.8, 4) is 0 Å². The Morgan fingerprint density at radius 1 is 1.47 bits per heavy atom. The molecule has 0 aromatic carbocycles. The monoisotopic (exact) mass is 238 g/mol. The Hall–Kier alpha value is -0.640. The molecule has 0 aliphatic carbocycles. The molecule has 7 heteroatoms. The van der Waals surface area contributed by atoms with Gasteiger partial charge in [0.05, 0.1) is 0 Å². The molecule has 1 atom stereocenters. The Morgan fingerprint density at radius 2 is 2.00 bits per heavy atom. The average molecular weight is 238 g/mol. The summed E-state index contributed by atoms with van der Waals surface area (Å²) in [5.41, 5.74) is -0.660. The summed E-state index contributed by atoms with van der Waals surface area (Å²) in [4.78, 5) is 23.5. The molecule has 0 bridgehead atoms. The van der Waals surface area contributed by atoms with E-state index < -0.39 is 13.4 Å². The van der Waals surface area contributed by atoms with Crippen molar-refractivity contribution < 1.29 is 28.3 Å². The third kappa shape index (κ3) is 5.72. The molecule has 0 saturated carbocycles. The predicted molar refractivity (Wildman–Crippen MR) is 52.3 cm³/mol. The fraction of sp³-hybridized carbons (Fsp3) is 0.750. The van der Waals surface area contributed by atoms with Crippen LogP contribution >= 0.6 is 7.82 Å². The summed E-state index contributed by atoms with van der Waals surface area (Å²) in [6.07, 6.45) is 1.61. The Labute approximate surface area is 88.4 Å². The van der Waals surface area contributed by atoms with E-state index in [1.807, 2.05) is 13.8 Å². The summed E-state index contributed by atoms with van der Waals surface area (Å²) >= 11 is 0. The lowest BCUT2D eigenvalue weighted by molar-refractivity contribution is -0.299. The Balaban J connectivity index is 4.24. The third-order valence-corrected chi connectivity index (χ3v) is 2.70. The zero-order valence-electron chi connectivity index (χ0n) is 8.93. The molecule has 0 heterocycles. The summed E-state index contributed by atoms with van der Waals surface area (Å²) in [6.45, 7) is 5.42. The van der Waals surface area contributed by atoms with E-state index >= 15 is 0 Å². The molecule has 0 radical (unpaired) electrons. The maximum Gasteiger partial charge on any atom is 0.555 e. The van der Waals surface area contributed by atoms with Crippen molar-refractivity contribution in [2.45, 2.75) is 39.2 Å². The summed E-state index contributed by atoms with van der Waals surface area (Å²) in [5.74, 6) is 1.18. The molecule has 0 fully saturated rings. The minimum Gasteiger partial charge on any atom is -0.399 e. The van der Waals surface area contributed by atoms with Crippen molar-refractivity contribution in [2.24, 2.45) is 0 Å². The maximum absolute atomic E-state index is 11.0. The zero-order valence-corrected chi connectivity index (χ0v) is 9.82. The van der Waals surface area contributed by atoms with Gasteiger partial charge in [0.25, 0.3) is 0 Å². The maximum atomic E-state index is 11.0. The smallest absolute Gasteiger partial charge is 0.399 e. The van der Waals surface area contributed by atoms with Gasteiger partial charge in [-0.05, 0) is 19.8 Å². The highest BCUT2D eigenvalue weighted by atomic mass is 31.2. The molecule has 0 aliphatic rings. The van der Waals surface area contributed by atoms with Crippen LogP contribution in [0.3, 0.4) is 0 Å². The quantitative estimate of drug-likeness (QED) is 0.240. The van der Waals surface area contributed by atoms with Crippen LogP contribution in [-0.2, 0) is 23.4 Å². The highest BCUT2D eigenvalue weighted by Gasteiger charge is 2.30. The highest BCUT2D eigenvalue weighted by Crippen LogP contribution is 2.45. The fourth-order valence-corrected chi connectivity index (χ4v) is 1.10. The van der Waals surface area contributed by atoms with Gasteiger partial charge in [-0.25, -0.2) is 14.2 Å². The minimum atomic E-state index is -4.37. The van der Waals surface area contributed by atoms with Gasteiger partial charge in [0.15, 0.2) is 12.2 Å². The molecule has 0 amide bonds. The molecule has 0 aliphatic heterocycles. The van der Waals surface area contributed by atoms with E-state index in [1.165, 1.54) is 5.94 Å². The molecule has 6 nitrogen and oxygen atoms in total. The van der Waals surface area contributed by atoms with Gasteiger partial charge in [-0.2, -0.15) is 0 Å². The minimum absolute atomic E-state index is 0.402. The SMILES string of the molecule is CCC(C)(CC)OOP(=O)(O)OC=C=O. The van der Waals surface area contributed by atoms with Crippen LogP contribution in [0.4, 0.5) is 0 Å². The number of hydrogen-bond donors (Lipinski definition) is 1. The van der Waals surface area contributed by atoms with Gasteiger partial charge in [-0.1, -0.05) is 13.8 Å². The topological polar surface area (TPSA) is 82.1 Å². The zero-order chi connectivity index (χ0) is 11.9. The standard InChI is InChI=1S/C8H15O6P/c1-4-8(3,5-2)13-14-15(10,11)12-7-6-9/h7H,4-5H2,1-3H3,(H,10,11). The predicted octanol–water partition coefficient (Wildman–Crippen LogP) is 1.98. The molecular formula is C8H15O6P. The van der Waals surface area contributed by atoms with Gasteiger partial charge in [0.1, 0.15) is 5.60 Å². The van der Waals surface area contributed by atoms with E-state index in [0.29, 0.717) is 19.1 Å². The van der Waals surface area contributed by atoms with E-state index in [1.54, 1.807) is 6.92 Å². The van der Waals surface area contributed by atoms with Crippen LogP contribution in [0.15, 0.2) is 6.26 Å². The number of phosphoric acid groups is 1. The van der Waals surface area contributed by atoms with E-state index in [9.17, 15) is 9.36 Å². The molecule has 15 heavy (non-hydrogen) atoms. The first-order chi connectivity index (χ1) is 6.89. The number of hydrogen-bond acceptors (Lipinski definition) is 5. The number of rotatable bonds is 7.